The van der Waals surface area contributed by atoms with Crippen molar-refractivity contribution < 1.29 is 9.53 Å². The minimum Gasteiger partial charge on any atom is -0.462 e. The molecule has 88 valence electrons. The smallest absolute Gasteiger partial charge is 0.302 e. The highest BCUT2D eigenvalue weighted by atomic mass is 35.5. The van der Waals surface area contributed by atoms with Crippen LogP contribution < -0.4 is 0 Å². The molecule has 0 aromatic heterocycles. The second-order valence-electron chi connectivity index (χ2n) is 4.43. The van der Waals surface area contributed by atoms with E-state index in [9.17, 15) is 4.79 Å². The Morgan fingerprint density at radius 1 is 1.40 bits per heavy atom. The SMILES string of the molecule is CC(=O)OC/C=C(/C)CCCC(C)(C)Cl. The Morgan fingerprint density at radius 2 is 2.00 bits per heavy atom. The molecule has 0 N–H and O–H groups in total. The maximum atomic E-state index is 10.5. The van der Waals surface area contributed by atoms with Crippen molar-refractivity contribution in [2.75, 3.05) is 6.61 Å². The molecule has 0 rings (SSSR count). The van der Waals surface area contributed by atoms with E-state index in [1.165, 1.54) is 12.5 Å². The lowest BCUT2D eigenvalue weighted by molar-refractivity contribution is -0.139. The molecule has 0 aliphatic carbocycles. The first-order valence-electron chi connectivity index (χ1n) is 5.29. The highest BCUT2D eigenvalue weighted by Gasteiger charge is 2.11. The summed E-state index contributed by atoms with van der Waals surface area (Å²) in [4.78, 5) is 10.4. The minimum atomic E-state index is -0.235. The maximum absolute atomic E-state index is 10.5. The molecule has 0 aromatic rings. The Morgan fingerprint density at radius 3 is 2.47 bits per heavy atom. The van der Waals surface area contributed by atoms with Crippen LogP contribution in [0.4, 0.5) is 0 Å². The summed E-state index contributed by atoms with van der Waals surface area (Å²) >= 11 is 6.07. The highest BCUT2D eigenvalue weighted by molar-refractivity contribution is 6.23. The van der Waals surface area contributed by atoms with Gasteiger partial charge in [0.15, 0.2) is 0 Å². The van der Waals surface area contributed by atoms with Gasteiger partial charge in [0.2, 0.25) is 0 Å². The second kappa shape index (κ2) is 6.89. The fourth-order valence-electron chi connectivity index (χ4n) is 1.19. The topological polar surface area (TPSA) is 26.3 Å². The van der Waals surface area contributed by atoms with Gasteiger partial charge in [-0.15, -0.1) is 11.6 Å². The van der Waals surface area contributed by atoms with Gasteiger partial charge in [-0.25, -0.2) is 0 Å². The van der Waals surface area contributed by atoms with E-state index in [1.807, 2.05) is 26.8 Å². The minimum absolute atomic E-state index is 0.115. The molecule has 15 heavy (non-hydrogen) atoms. The Hall–Kier alpha value is -0.500. The number of halogens is 1. The Bertz CT molecular complexity index is 226. The molecule has 0 amide bonds. The first-order valence-corrected chi connectivity index (χ1v) is 5.67. The fraction of sp³-hybridized carbons (Fsp3) is 0.750. The zero-order chi connectivity index (χ0) is 11.9. The lowest BCUT2D eigenvalue weighted by Gasteiger charge is -2.14. The summed E-state index contributed by atoms with van der Waals surface area (Å²) in [6.45, 7) is 7.88. The van der Waals surface area contributed by atoms with Crippen LogP contribution in [0.25, 0.3) is 0 Å². The normalized spacial score (nSPS) is 12.7. The van der Waals surface area contributed by atoms with Crippen molar-refractivity contribution in [1.29, 1.82) is 0 Å². The zero-order valence-corrected chi connectivity index (χ0v) is 10.9. The quantitative estimate of drug-likeness (QED) is 0.397. The second-order valence-corrected chi connectivity index (χ2v) is 5.45. The molecule has 0 heterocycles. The molecule has 0 saturated heterocycles. The highest BCUT2D eigenvalue weighted by Crippen LogP contribution is 2.21. The summed E-state index contributed by atoms with van der Waals surface area (Å²) in [5, 5.41) is 0. The van der Waals surface area contributed by atoms with Crippen LogP contribution in [0.3, 0.4) is 0 Å². The molecule has 0 unspecified atom stereocenters. The predicted molar refractivity (Wildman–Crippen MR) is 64.2 cm³/mol. The van der Waals surface area contributed by atoms with Crippen molar-refractivity contribution in [2.45, 2.75) is 51.8 Å². The van der Waals surface area contributed by atoms with Gasteiger partial charge in [0, 0.05) is 11.8 Å². The lowest BCUT2D eigenvalue weighted by atomic mass is 10.0. The zero-order valence-electron chi connectivity index (χ0n) is 10.1. The molecular weight excluding hydrogens is 212 g/mol. The Kier molecular flexibility index (Phi) is 6.66. The molecule has 0 saturated carbocycles. The van der Waals surface area contributed by atoms with E-state index < -0.39 is 0 Å². The third kappa shape index (κ3) is 11.4. The molecule has 0 atom stereocenters. The van der Waals surface area contributed by atoms with E-state index in [4.69, 9.17) is 16.3 Å². The molecule has 3 heteroatoms. The molecular formula is C12H21ClO2. The van der Waals surface area contributed by atoms with Crippen LogP contribution >= 0.6 is 11.6 Å². The number of allylic oxidation sites excluding steroid dienone is 1. The number of hydrogen-bond acceptors (Lipinski definition) is 2. The average Bonchev–Trinajstić information content (AvgIpc) is 2.00. The van der Waals surface area contributed by atoms with Gasteiger partial charge in [0.1, 0.15) is 6.61 Å². The monoisotopic (exact) mass is 232 g/mol. The average molecular weight is 233 g/mol. The van der Waals surface area contributed by atoms with Crippen molar-refractivity contribution in [3.63, 3.8) is 0 Å². The van der Waals surface area contributed by atoms with Crippen LogP contribution in [-0.4, -0.2) is 17.5 Å². The van der Waals surface area contributed by atoms with Crippen molar-refractivity contribution in [1.82, 2.24) is 0 Å². The molecule has 0 aliphatic heterocycles. The van der Waals surface area contributed by atoms with Crippen LogP contribution in [0.15, 0.2) is 11.6 Å². The van der Waals surface area contributed by atoms with Crippen LogP contribution in [-0.2, 0) is 9.53 Å². The first-order chi connectivity index (χ1) is 6.81. The van der Waals surface area contributed by atoms with Gasteiger partial charge in [-0.2, -0.15) is 0 Å². The van der Waals surface area contributed by atoms with Gasteiger partial charge in [0.25, 0.3) is 0 Å². The standard InChI is InChI=1S/C12H21ClO2/c1-10(7-9-15-11(2)14)6-5-8-12(3,4)13/h7H,5-6,8-9H2,1-4H3/b10-7-. The van der Waals surface area contributed by atoms with Crippen LogP contribution in [0.5, 0.6) is 0 Å². The van der Waals surface area contributed by atoms with E-state index >= 15 is 0 Å². The van der Waals surface area contributed by atoms with Gasteiger partial charge in [0.05, 0.1) is 0 Å². The van der Waals surface area contributed by atoms with E-state index in [0.29, 0.717) is 6.61 Å². The Labute approximate surface area is 97.6 Å². The van der Waals surface area contributed by atoms with Gasteiger partial charge in [-0.1, -0.05) is 5.57 Å². The molecule has 0 radical (unpaired) electrons. The van der Waals surface area contributed by atoms with Crippen LogP contribution in [0.2, 0.25) is 0 Å². The van der Waals surface area contributed by atoms with Crippen molar-refractivity contribution in [3.05, 3.63) is 11.6 Å². The van der Waals surface area contributed by atoms with Crippen LogP contribution in [0.1, 0.15) is 47.0 Å². The van der Waals surface area contributed by atoms with Gasteiger partial charge in [-0.3, -0.25) is 4.79 Å². The van der Waals surface area contributed by atoms with Crippen LogP contribution in [0, 0.1) is 0 Å². The lowest BCUT2D eigenvalue weighted by Crippen LogP contribution is -2.09. The number of carbonyl (C=O) groups is 1. The first kappa shape index (κ1) is 14.5. The Balaban J connectivity index is 3.64. The molecule has 0 aromatic carbocycles. The number of rotatable bonds is 6. The van der Waals surface area contributed by atoms with E-state index in [1.54, 1.807) is 0 Å². The molecule has 2 nitrogen and oxygen atoms in total. The van der Waals surface area contributed by atoms with Crippen molar-refractivity contribution >= 4 is 17.6 Å². The largest absolute Gasteiger partial charge is 0.462 e. The van der Waals surface area contributed by atoms with Gasteiger partial charge >= 0.3 is 5.97 Å². The molecule has 0 spiro atoms. The third-order valence-electron chi connectivity index (χ3n) is 2.06. The van der Waals surface area contributed by atoms with Gasteiger partial charge in [-0.05, 0) is 46.1 Å². The molecule has 0 fully saturated rings. The molecule has 0 bridgehead atoms. The van der Waals surface area contributed by atoms with E-state index in [-0.39, 0.29) is 10.8 Å². The fourth-order valence-corrected chi connectivity index (χ4v) is 1.32. The third-order valence-corrected chi connectivity index (χ3v) is 2.25. The van der Waals surface area contributed by atoms with E-state index in [2.05, 4.69) is 0 Å². The number of esters is 1. The number of ether oxygens (including phenoxy) is 1. The summed E-state index contributed by atoms with van der Waals surface area (Å²) in [7, 11) is 0. The summed E-state index contributed by atoms with van der Waals surface area (Å²) in [5.41, 5.74) is 1.25. The summed E-state index contributed by atoms with van der Waals surface area (Å²) in [6.07, 6.45) is 5.02. The van der Waals surface area contributed by atoms with Gasteiger partial charge < -0.3 is 4.74 Å². The van der Waals surface area contributed by atoms with Crippen molar-refractivity contribution in [2.24, 2.45) is 0 Å². The number of hydrogen-bond donors (Lipinski definition) is 0. The molecule has 0 aliphatic rings. The summed E-state index contributed by atoms with van der Waals surface area (Å²) < 4.78 is 4.82. The van der Waals surface area contributed by atoms with Crippen molar-refractivity contribution in [3.8, 4) is 0 Å². The predicted octanol–water partition coefficient (Wildman–Crippen LogP) is 3.68. The summed E-state index contributed by atoms with van der Waals surface area (Å²) in [6, 6.07) is 0. The number of alkyl halides is 1. The summed E-state index contributed by atoms with van der Waals surface area (Å²) in [5.74, 6) is -0.235. The number of carbonyl (C=O) groups excluding carboxylic acids is 1. The maximum Gasteiger partial charge on any atom is 0.302 e. The van der Waals surface area contributed by atoms with E-state index in [0.717, 1.165) is 19.3 Å².